The summed E-state index contributed by atoms with van der Waals surface area (Å²) in [6.45, 7) is 0.522. The molecule has 0 aliphatic carbocycles. The number of nitrogens with zero attached hydrogens (tertiary/aromatic N) is 1. The molecule has 2 aliphatic heterocycles. The van der Waals surface area contributed by atoms with Crippen LogP contribution in [-0.4, -0.2) is 40.6 Å². The van der Waals surface area contributed by atoms with Crippen molar-refractivity contribution in [1.82, 2.24) is 10.3 Å². The van der Waals surface area contributed by atoms with Gasteiger partial charge in [0.15, 0.2) is 0 Å². The number of hydrogen-bond acceptors (Lipinski definition) is 4. The van der Waals surface area contributed by atoms with E-state index < -0.39 is 17.6 Å². The SMILES string of the molecule is O=C(N[C@H]1CCO[C@]2(CCSC2)C1)c1ccncc1C(F)(F)F. The van der Waals surface area contributed by atoms with Gasteiger partial charge in [0.05, 0.1) is 16.7 Å². The standard InChI is InChI=1S/C15H17F3N2O2S/c16-15(17,18)12-8-19-4-1-11(12)13(21)20-10-2-5-22-14(7-10)3-6-23-9-14/h1,4,8,10H,2-3,5-7,9H2,(H,20,21)/t10-,14+/m0/s1. The second kappa shape index (κ2) is 6.32. The summed E-state index contributed by atoms with van der Waals surface area (Å²) in [5, 5.41) is 2.74. The quantitative estimate of drug-likeness (QED) is 0.895. The van der Waals surface area contributed by atoms with Gasteiger partial charge >= 0.3 is 6.18 Å². The molecule has 126 valence electrons. The van der Waals surface area contributed by atoms with E-state index in [0.717, 1.165) is 24.0 Å². The minimum Gasteiger partial charge on any atom is -0.374 e. The van der Waals surface area contributed by atoms with Crippen molar-refractivity contribution in [3.63, 3.8) is 0 Å². The molecule has 1 amide bonds. The normalized spacial score (nSPS) is 28.0. The first-order valence-electron chi connectivity index (χ1n) is 7.43. The molecular formula is C15H17F3N2O2S. The topological polar surface area (TPSA) is 51.2 Å². The van der Waals surface area contributed by atoms with E-state index in [1.54, 1.807) is 0 Å². The molecule has 0 bridgehead atoms. The van der Waals surface area contributed by atoms with Crippen molar-refractivity contribution in [3.05, 3.63) is 29.6 Å². The lowest BCUT2D eigenvalue weighted by Gasteiger charge is -2.38. The number of hydrogen-bond donors (Lipinski definition) is 1. The number of alkyl halides is 3. The van der Waals surface area contributed by atoms with E-state index >= 15 is 0 Å². The number of pyridine rings is 1. The highest BCUT2D eigenvalue weighted by Crippen LogP contribution is 2.38. The van der Waals surface area contributed by atoms with Crippen molar-refractivity contribution in [2.24, 2.45) is 0 Å². The predicted molar refractivity (Wildman–Crippen MR) is 80.4 cm³/mol. The van der Waals surface area contributed by atoms with Gasteiger partial charge in [-0.3, -0.25) is 9.78 Å². The van der Waals surface area contributed by atoms with E-state index in [2.05, 4.69) is 10.3 Å². The molecule has 2 fully saturated rings. The molecule has 3 rings (SSSR count). The van der Waals surface area contributed by atoms with E-state index in [1.807, 2.05) is 11.8 Å². The van der Waals surface area contributed by atoms with Crippen LogP contribution < -0.4 is 5.32 Å². The number of ether oxygens (including phenoxy) is 1. The number of carbonyl (C=O) groups is 1. The Labute approximate surface area is 136 Å². The second-order valence-electron chi connectivity index (χ2n) is 5.92. The van der Waals surface area contributed by atoms with Gasteiger partial charge in [-0.2, -0.15) is 24.9 Å². The summed E-state index contributed by atoms with van der Waals surface area (Å²) in [5.41, 5.74) is -1.61. The number of halogens is 3. The molecule has 2 atom stereocenters. The maximum Gasteiger partial charge on any atom is 0.418 e. The van der Waals surface area contributed by atoms with Gasteiger partial charge in [0.25, 0.3) is 5.91 Å². The average Bonchev–Trinajstić information content (AvgIpc) is 2.94. The molecular weight excluding hydrogens is 329 g/mol. The van der Waals surface area contributed by atoms with Crippen molar-refractivity contribution in [2.45, 2.75) is 37.1 Å². The molecule has 0 aromatic carbocycles. The fraction of sp³-hybridized carbons (Fsp3) is 0.600. The van der Waals surface area contributed by atoms with E-state index in [0.29, 0.717) is 25.6 Å². The van der Waals surface area contributed by atoms with E-state index in [-0.39, 0.29) is 17.2 Å². The molecule has 2 saturated heterocycles. The zero-order valence-corrected chi connectivity index (χ0v) is 13.2. The Bertz CT molecular complexity index is 588. The monoisotopic (exact) mass is 346 g/mol. The Morgan fingerprint density at radius 3 is 3.00 bits per heavy atom. The van der Waals surface area contributed by atoms with E-state index in [9.17, 15) is 18.0 Å². The maximum absolute atomic E-state index is 13.0. The number of carbonyl (C=O) groups excluding carboxylic acids is 1. The first kappa shape index (κ1) is 16.6. The van der Waals surface area contributed by atoms with Crippen molar-refractivity contribution in [1.29, 1.82) is 0 Å². The summed E-state index contributed by atoms with van der Waals surface area (Å²) >= 11 is 1.81. The average molecular weight is 346 g/mol. The smallest absolute Gasteiger partial charge is 0.374 e. The Kier molecular flexibility index (Phi) is 4.55. The summed E-state index contributed by atoms with van der Waals surface area (Å²) < 4.78 is 44.8. The third kappa shape index (κ3) is 3.63. The first-order valence-corrected chi connectivity index (χ1v) is 8.59. The van der Waals surface area contributed by atoms with Gasteiger partial charge < -0.3 is 10.1 Å². The van der Waals surface area contributed by atoms with Gasteiger partial charge in [-0.1, -0.05) is 0 Å². The minimum atomic E-state index is -4.60. The molecule has 1 aromatic heterocycles. The summed E-state index contributed by atoms with van der Waals surface area (Å²) in [6.07, 6.45) is -0.521. The van der Waals surface area contributed by atoms with Crippen molar-refractivity contribution in [2.75, 3.05) is 18.1 Å². The summed E-state index contributed by atoms with van der Waals surface area (Å²) in [6, 6.07) is 0.947. The van der Waals surface area contributed by atoms with Crippen LogP contribution in [0.15, 0.2) is 18.5 Å². The van der Waals surface area contributed by atoms with E-state index in [4.69, 9.17) is 4.74 Å². The van der Waals surface area contributed by atoms with Gasteiger partial charge in [0.1, 0.15) is 0 Å². The first-order chi connectivity index (χ1) is 10.9. The number of amides is 1. The van der Waals surface area contributed by atoms with Gasteiger partial charge in [-0.15, -0.1) is 0 Å². The van der Waals surface area contributed by atoms with Crippen LogP contribution in [0.25, 0.3) is 0 Å². The van der Waals surface area contributed by atoms with Crippen molar-refractivity contribution >= 4 is 17.7 Å². The summed E-state index contributed by atoms with van der Waals surface area (Å²) in [7, 11) is 0. The highest BCUT2D eigenvalue weighted by atomic mass is 32.2. The highest BCUT2D eigenvalue weighted by Gasteiger charge is 2.41. The summed E-state index contributed by atoms with van der Waals surface area (Å²) in [5.74, 6) is 1.19. The van der Waals surface area contributed by atoms with Gasteiger partial charge in [0.2, 0.25) is 0 Å². The van der Waals surface area contributed by atoms with Gasteiger partial charge in [0, 0.05) is 30.8 Å². The predicted octanol–water partition coefficient (Wildman–Crippen LogP) is 2.88. The molecule has 1 spiro atoms. The van der Waals surface area contributed by atoms with Crippen LogP contribution in [0, 0.1) is 0 Å². The lowest BCUT2D eigenvalue weighted by atomic mass is 9.89. The van der Waals surface area contributed by atoms with Crippen LogP contribution >= 0.6 is 11.8 Å². The van der Waals surface area contributed by atoms with Crippen LogP contribution in [-0.2, 0) is 10.9 Å². The molecule has 23 heavy (non-hydrogen) atoms. The van der Waals surface area contributed by atoms with Crippen LogP contribution in [0.5, 0.6) is 0 Å². The second-order valence-corrected chi connectivity index (χ2v) is 7.02. The highest BCUT2D eigenvalue weighted by molar-refractivity contribution is 7.99. The number of nitrogens with one attached hydrogen (secondary N) is 1. The number of aromatic nitrogens is 1. The lowest BCUT2D eigenvalue weighted by molar-refractivity contribution is -0.138. The van der Waals surface area contributed by atoms with Gasteiger partial charge in [-0.25, -0.2) is 0 Å². The molecule has 1 aromatic rings. The van der Waals surface area contributed by atoms with Crippen LogP contribution in [0.2, 0.25) is 0 Å². The number of thioether (sulfide) groups is 1. The Hall–Kier alpha value is -1.28. The van der Waals surface area contributed by atoms with Gasteiger partial charge in [-0.05, 0) is 31.1 Å². The van der Waals surface area contributed by atoms with Crippen LogP contribution in [0.1, 0.15) is 35.2 Å². The lowest BCUT2D eigenvalue weighted by Crippen LogP contribution is -2.49. The largest absolute Gasteiger partial charge is 0.418 e. The molecule has 0 unspecified atom stereocenters. The molecule has 4 nitrogen and oxygen atoms in total. The van der Waals surface area contributed by atoms with Crippen LogP contribution in [0.4, 0.5) is 13.2 Å². The zero-order valence-electron chi connectivity index (χ0n) is 12.4. The molecule has 8 heteroatoms. The third-order valence-electron chi connectivity index (χ3n) is 4.27. The molecule has 2 aliphatic rings. The molecule has 1 N–H and O–H groups in total. The Morgan fingerprint density at radius 2 is 2.30 bits per heavy atom. The molecule has 0 saturated carbocycles. The summed E-state index contributed by atoms with van der Waals surface area (Å²) in [4.78, 5) is 15.8. The fourth-order valence-corrected chi connectivity index (χ4v) is 4.47. The zero-order chi connectivity index (χ0) is 16.5. The van der Waals surface area contributed by atoms with Crippen molar-refractivity contribution in [3.8, 4) is 0 Å². The molecule has 3 heterocycles. The Balaban J connectivity index is 1.72. The number of rotatable bonds is 2. The molecule has 0 radical (unpaired) electrons. The van der Waals surface area contributed by atoms with Crippen molar-refractivity contribution < 1.29 is 22.7 Å². The van der Waals surface area contributed by atoms with Crippen LogP contribution in [0.3, 0.4) is 0 Å². The fourth-order valence-electron chi connectivity index (χ4n) is 3.10. The maximum atomic E-state index is 13.0. The Morgan fingerprint density at radius 1 is 1.48 bits per heavy atom. The minimum absolute atomic E-state index is 0.163. The van der Waals surface area contributed by atoms with E-state index in [1.165, 1.54) is 6.20 Å². The third-order valence-corrected chi connectivity index (χ3v) is 5.49.